The van der Waals surface area contributed by atoms with Crippen molar-refractivity contribution >= 4 is 17.4 Å². The summed E-state index contributed by atoms with van der Waals surface area (Å²) in [6.45, 7) is 7.86. The molecule has 0 radical (unpaired) electrons. The van der Waals surface area contributed by atoms with Gasteiger partial charge in [-0.25, -0.2) is 4.98 Å². The molecule has 2 rings (SSSR count). The molecule has 6 heteroatoms. The van der Waals surface area contributed by atoms with Crippen molar-refractivity contribution in [3.63, 3.8) is 0 Å². The van der Waals surface area contributed by atoms with E-state index in [1.807, 2.05) is 27.7 Å². The van der Waals surface area contributed by atoms with Crippen LogP contribution in [0.1, 0.15) is 32.2 Å². The number of hydrogen-bond acceptors (Lipinski definition) is 5. The third kappa shape index (κ3) is 3.17. The molecule has 0 amide bonds. The molecular formula is C14H17ClN4O. The van der Waals surface area contributed by atoms with Gasteiger partial charge in [0.2, 0.25) is 5.88 Å². The van der Waals surface area contributed by atoms with E-state index in [9.17, 15) is 0 Å². The van der Waals surface area contributed by atoms with Crippen LogP contribution in [0.5, 0.6) is 11.6 Å². The Balaban J connectivity index is 2.43. The third-order valence-corrected chi connectivity index (χ3v) is 2.91. The predicted molar refractivity (Wildman–Crippen MR) is 79.2 cm³/mol. The zero-order chi connectivity index (χ0) is 14.9. The number of nitrogens with zero attached hydrogens (tertiary/aromatic N) is 3. The van der Waals surface area contributed by atoms with Gasteiger partial charge in [0.1, 0.15) is 17.4 Å². The quantitative estimate of drug-likeness (QED) is 0.917. The van der Waals surface area contributed by atoms with E-state index in [4.69, 9.17) is 22.1 Å². The van der Waals surface area contributed by atoms with E-state index in [0.29, 0.717) is 33.9 Å². The van der Waals surface area contributed by atoms with Crippen molar-refractivity contribution in [2.45, 2.75) is 33.1 Å². The largest absolute Gasteiger partial charge is 0.437 e. The highest BCUT2D eigenvalue weighted by Crippen LogP contribution is 2.29. The molecule has 2 aromatic heterocycles. The molecule has 0 aliphatic heterocycles. The van der Waals surface area contributed by atoms with E-state index in [2.05, 4.69) is 15.0 Å². The fourth-order valence-electron chi connectivity index (χ4n) is 1.51. The van der Waals surface area contributed by atoms with Crippen molar-refractivity contribution in [3.05, 3.63) is 34.9 Å². The number of nitrogens with two attached hydrogens (primary N) is 1. The van der Waals surface area contributed by atoms with E-state index < -0.39 is 0 Å². The first-order valence-electron chi connectivity index (χ1n) is 6.20. The number of ether oxygens (including phenoxy) is 1. The zero-order valence-corrected chi connectivity index (χ0v) is 12.7. The first kappa shape index (κ1) is 14.5. The minimum absolute atomic E-state index is 0.216. The lowest BCUT2D eigenvalue weighted by Crippen LogP contribution is -2.18. The summed E-state index contributed by atoms with van der Waals surface area (Å²) in [5.74, 6) is 1.98. The second kappa shape index (κ2) is 5.25. The third-order valence-electron chi connectivity index (χ3n) is 2.70. The minimum Gasteiger partial charge on any atom is -0.437 e. The van der Waals surface area contributed by atoms with Crippen LogP contribution in [0.2, 0.25) is 5.02 Å². The van der Waals surface area contributed by atoms with Crippen LogP contribution in [0, 0.1) is 6.92 Å². The van der Waals surface area contributed by atoms with Gasteiger partial charge in [-0.1, -0.05) is 32.4 Å². The summed E-state index contributed by atoms with van der Waals surface area (Å²) in [7, 11) is 0. The fourth-order valence-corrected chi connectivity index (χ4v) is 1.67. The van der Waals surface area contributed by atoms with Crippen LogP contribution in [0.3, 0.4) is 0 Å². The Hall–Kier alpha value is -1.88. The molecule has 2 N–H and O–H groups in total. The van der Waals surface area contributed by atoms with Gasteiger partial charge < -0.3 is 10.5 Å². The van der Waals surface area contributed by atoms with Gasteiger partial charge in [0, 0.05) is 17.7 Å². The lowest BCUT2D eigenvalue weighted by Gasteiger charge is -2.19. The molecule has 0 aromatic carbocycles. The summed E-state index contributed by atoms with van der Waals surface area (Å²) in [5.41, 5.74) is 6.41. The summed E-state index contributed by atoms with van der Waals surface area (Å²) in [6.07, 6.45) is 3.11. The summed E-state index contributed by atoms with van der Waals surface area (Å²) in [6, 6.07) is 1.67. The molecule has 2 heterocycles. The topological polar surface area (TPSA) is 73.9 Å². The molecule has 0 atom stereocenters. The molecule has 0 aliphatic rings. The molecule has 0 unspecified atom stereocenters. The average molecular weight is 293 g/mol. The van der Waals surface area contributed by atoms with Crippen LogP contribution >= 0.6 is 11.6 Å². The van der Waals surface area contributed by atoms with Gasteiger partial charge in [0.25, 0.3) is 0 Å². The van der Waals surface area contributed by atoms with Crippen LogP contribution in [-0.2, 0) is 5.41 Å². The number of anilines is 1. The van der Waals surface area contributed by atoms with Crippen LogP contribution in [0.15, 0.2) is 18.5 Å². The average Bonchev–Trinajstić information content (AvgIpc) is 2.33. The fraction of sp³-hybridized carbons (Fsp3) is 0.357. The van der Waals surface area contributed by atoms with Crippen molar-refractivity contribution in [1.29, 1.82) is 0 Å². The highest BCUT2D eigenvalue weighted by atomic mass is 35.5. The number of halogens is 1. The molecule has 0 bridgehead atoms. The lowest BCUT2D eigenvalue weighted by atomic mass is 9.95. The van der Waals surface area contributed by atoms with Crippen molar-refractivity contribution in [3.8, 4) is 11.6 Å². The van der Waals surface area contributed by atoms with Crippen LogP contribution < -0.4 is 10.5 Å². The Labute approximate surface area is 123 Å². The molecule has 2 aromatic rings. The van der Waals surface area contributed by atoms with Crippen molar-refractivity contribution in [2.75, 3.05) is 5.73 Å². The Morgan fingerprint density at radius 3 is 2.50 bits per heavy atom. The molecule has 0 spiro atoms. The first-order chi connectivity index (χ1) is 9.27. The van der Waals surface area contributed by atoms with E-state index in [1.54, 1.807) is 12.3 Å². The normalized spacial score (nSPS) is 11.4. The summed E-state index contributed by atoms with van der Waals surface area (Å²) in [5, 5.41) is 0.498. The molecular weight excluding hydrogens is 276 g/mol. The number of pyridine rings is 1. The molecule has 0 saturated carbocycles. The summed E-state index contributed by atoms with van der Waals surface area (Å²) >= 11 is 5.89. The van der Waals surface area contributed by atoms with E-state index in [0.717, 1.165) is 0 Å². The highest BCUT2D eigenvalue weighted by molar-refractivity contribution is 6.30. The van der Waals surface area contributed by atoms with Gasteiger partial charge in [0.15, 0.2) is 0 Å². The highest BCUT2D eigenvalue weighted by Gasteiger charge is 2.21. The number of aromatic nitrogens is 3. The molecule has 20 heavy (non-hydrogen) atoms. The predicted octanol–water partition coefficient (Wildman–Crippen LogP) is 3.51. The van der Waals surface area contributed by atoms with Crippen molar-refractivity contribution in [1.82, 2.24) is 15.0 Å². The summed E-state index contributed by atoms with van der Waals surface area (Å²) in [4.78, 5) is 12.7. The van der Waals surface area contributed by atoms with Crippen LogP contribution in [0.25, 0.3) is 0 Å². The zero-order valence-electron chi connectivity index (χ0n) is 11.9. The molecule has 0 saturated heterocycles. The second-order valence-corrected chi connectivity index (χ2v) is 5.99. The van der Waals surface area contributed by atoms with E-state index in [-0.39, 0.29) is 5.41 Å². The maximum atomic E-state index is 5.93. The molecule has 0 aliphatic carbocycles. The second-order valence-electron chi connectivity index (χ2n) is 5.55. The van der Waals surface area contributed by atoms with Crippen LogP contribution in [-0.4, -0.2) is 15.0 Å². The van der Waals surface area contributed by atoms with Gasteiger partial charge in [-0.15, -0.1) is 0 Å². The minimum atomic E-state index is -0.216. The van der Waals surface area contributed by atoms with Gasteiger partial charge in [-0.2, -0.15) is 4.98 Å². The lowest BCUT2D eigenvalue weighted by molar-refractivity contribution is 0.441. The first-order valence-corrected chi connectivity index (χ1v) is 6.58. The van der Waals surface area contributed by atoms with Gasteiger partial charge in [0.05, 0.1) is 16.8 Å². The van der Waals surface area contributed by atoms with Gasteiger partial charge >= 0.3 is 0 Å². The monoisotopic (exact) mass is 292 g/mol. The molecule has 5 nitrogen and oxygen atoms in total. The van der Waals surface area contributed by atoms with Gasteiger partial charge in [-0.05, 0) is 6.92 Å². The molecule has 106 valence electrons. The van der Waals surface area contributed by atoms with Gasteiger partial charge in [-0.3, -0.25) is 4.98 Å². The Morgan fingerprint density at radius 1 is 1.20 bits per heavy atom. The molecule has 0 fully saturated rings. The Bertz CT molecular complexity index is 638. The summed E-state index contributed by atoms with van der Waals surface area (Å²) < 4.78 is 5.73. The number of nitrogen functional groups attached to an aromatic ring is 1. The SMILES string of the molecule is Cc1c(N)nc(C(C)(C)C)nc1Oc1cncc(Cl)c1. The number of rotatable bonds is 2. The Morgan fingerprint density at radius 2 is 1.90 bits per heavy atom. The number of hydrogen-bond donors (Lipinski definition) is 1. The standard InChI is InChI=1S/C14H17ClN4O/c1-8-11(16)18-13(14(2,3)4)19-12(8)20-10-5-9(15)6-17-7-10/h5-7H,1-4H3,(H2,16,18,19). The van der Waals surface area contributed by atoms with Crippen LogP contribution in [0.4, 0.5) is 5.82 Å². The van der Waals surface area contributed by atoms with E-state index >= 15 is 0 Å². The van der Waals surface area contributed by atoms with Crippen molar-refractivity contribution in [2.24, 2.45) is 0 Å². The maximum absolute atomic E-state index is 5.93. The smallest absolute Gasteiger partial charge is 0.227 e. The Kier molecular flexibility index (Phi) is 3.81. The van der Waals surface area contributed by atoms with Crippen molar-refractivity contribution < 1.29 is 4.74 Å². The van der Waals surface area contributed by atoms with E-state index in [1.165, 1.54) is 6.20 Å². The maximum Gasteiger partial charge on any atom is 0.227 e.